The minimum Gasteiger partial charge on any atom is -0.328 e. The Hall–Kier alpha value is -0.0400. The Balaban J connectivity index is 2.32. The van der Waals surface area contributed by atoms with E-state index in [1.807, 2.05) is 0 Å². The first-order valence-corrected chi connectivity index (χ1v) is 4.47. The highest BCUT2D eigenvalue weighted by Gasteiger charge is 2.23. The second-order valence-corrected chi connectivity index (χ2v) is 3.76. The maximum atomic E-state index is 5.82. The maximum absolute atomic E-state index is 5.82. The molecule has 1 rings (SSSR count). The van der Waals surface area contributed by atoms with Crippen molar-refractivity contribution in [3.63, 3.8) is 0 Å². The fourth-order valence-electron chi connectivity index (χ4n) is 1.91. The summed E-state index contributed by atoms with van der Waals surface area (Å²) in [6.07, 6.45) is 5.70. The molecular weight excluding hydrogens is 122 g/mol. The monoisotopic (exact) mass is 141 g/mol. The lowest BCUT2D eigenvalue weighted by molar-refractivity contribution is 0.321. The average molecular weight is 141 g/mol. The van der Waals surface area contributed by atoms with E-state index in [9.17, 15) is 0 Å². The van der Waals surface area contributed by atoms with Gasteiger partial charge in [0.25, 0.3) is 0 Å². The summed E-state index contributed by atoms with van der Waals surface area (Å²) < 4.78 is 0. The fourth-order valence-corrected chi connectivity index (χ4v) is 1.91. The molecule has 0 saturated heterocycles. The molecule has 60 valence electrons. The van der Waals surface area contributed by atoms with Crippen LogP contribution in [0.4, 0.5) is 0 Å². The summed E-state index contributed by atoms with van der Waals surface area (Å²) in [6, 6.07) is 0.392. The maximum Gasteiger partial charge on any atom is 0.00387 e. The van der Waals surface area contributed by atoms with Crippen molar-refractivity contribution < 1.29 is 0 Å². The molecule has 2 unspecified atom stereocenters. The van der Waals surface area contributed by atoms with E-state index in [4.69, 9.17) is 5.73 Å². The Kier molecular flexibility index (Phi) is 2.72. The van der Waals surface area contributed by atoms with Gasteiger partial charge in [0.2, 0.25) is 0 Å². The summed E-state index contributed by atoms with van der Waals surface area (Å²) in [4.78, 5) is 0. The molecule has 2 atom stereocenters. The molecule has 1 saturated carbocycles. The van der Waals surface area contributed by atoms with Gasteiger partial charge in [-0.2, -0.15) is 0 Å². The summed E-state index contributed by atoms with van der Waals surface area (Å²) in [6.45, 7) is 4.42. The second-order valence-electron chi connectivity index (χ2n) is 3.76. The van der Waals surface area contributed by atoms with Gasteiger partial charge in [-0.1, -0.05) is 32.6 Å². The van der Waals surface area contributed by atoms with Crippen LogP contribution in [0.25, 0.3) is 0 Å². The van der Waals surface area contributed by atoms with Crippen LogP contribution >= 0.6 is 0 Å². The molecule has 0 aromatic rings. The zero-order valence-electron chi connectivity index (χ0n) is 7.14. The van der Waals surface area contributed by atoms with Gasteiger partial charge in [0.05, 0.1) is 0 Å². The van der Waals surface area contributed by atoms with Gasteiger partial charge in [-0.05, 0) is 18.8 Å². The number of hydrogen-bond donors (Lipinski definition) is 1. The highest BCUT2D eigenvalue weighted by molar-refractivity contribution is 4.77. The minimum atomic E-state index is 0.392. The van der Waals surface area contributed by atoms with Crippen LogP contribution in [0, 0.1) is 11.8 Å². The molecule has 1 heteroatoms. The van der Waals surface area contributed by atoms with Crippen LogP contribution in [-0.4, -0.2) is 6.04 Å². The van der Waals surface area contributed by atoms with Gasteiger partial charge in [-0.25, -0.2) is 0 Å². The largest absolute Gasteiger partial charge is 0.328 e. The van der Waals surface area contributed by atoms with Crippen LogP contribution in [0.2, 0.25) is 0 Å². The first-order chi connectivity index (χ1) is 4.72. The molecule has 0 heterocycles. The molecule has 1 nitrogen and oxygen atoms in total. The smallest absolute Gasteiger partial charge is 0.00387 e. The van der Waals surface area contributed by atoms with E-state index in [0.29, 0.717) is 6.04 Å². The van der Waals surface area contributed by atoms with Gasteiger partial charge in [-0.3, -0.25) is 0 Å². The third-order valence-electron chi connectivity index (χ3n) is 2.97. The van der Waals surface area contributed by atoms with Gasteiger partial charge in [-0.15, -0.1) is 0 Å². The lowest BCUT2D eigenvalue weighted by Gasteiger charge is -2.21. The zero-order valence-corrected chi connectivity index (χ0v) is 7.14. The molecule has 1 fully saturated rings. The summed E-state index contributed by atoms with van der Waals surface area (Å²) >= 11 is 0. The van der Waals surface area contributed by atoms with Crippen LogP contribution in [-0.2, 0) is 0 Å². The van der Waals surface area contributed by atoms with Crippen molar-refractivity contribution in [1.82, 2.24) is 0 Å². The van der Waals surface area contributed by atoms with Gasteiger partial charge >= 0.3 is 0 Å². The van der Waals surface area contributed by atoms with Crippen molar-refractivity contribution in [3.05, 3.63) is 0 Å². The highest BCUT2D eigenvalue weighted by Crippen LogP contribution is 2.32. The van der Waals surface area contributed by atoms with Crippen LogP contribution in [0.1, 0.15) is 39.5 Å². The van der Waals surface area contributed by atoms with Crippen LogP contribution in [0.5, 0.6) is 0 Å². The molecule has 0 aromatic carbocycles. The zero-order chi connectivity index (χ0) is 7.56. The molecule has 1 aliphatic rings. The SMILES string of the molecule is CC(N)C(C)C1CCCC1. The number of hydrogen-bond acceptors (Lipinski definition) is 1. The summed E-state index contributed by atoms with van der Waals surface area (Å²) in [5.41, 5.74) is 5.82. The van der Waals surface area contributed by atoms with E-state index in [1.165, 1.54) is 25.7 Å². The van der Waals surface area contributed by atoms with Crippen molar-refractivity contribution in [2.24, 2.45) is 17.6 Å². The van der Waals surface area contributed by atoms with Gasteiger partial charge < -0.3 is 5.73 Å². The third-order valence-corrected chi connectivity index (χ3v) is 2.97. The van der Waals surface area contributed by atoms with Crippen molar-refractivity contribution in [1.29, 1.82) is 0 Å². The minimum absolute atomic E-state index is 0.392. The Morgan fingerprint density at radius 2 is 1.70 bits per heavy atom. The fraction of sp³-hybridized carbons (Fsp3) is 1.00. The first kappa shape index (κ1) is 8.06. The Morgan fingerprint density at radius 3 is 2.10 bits per heavy atom. The summed E-state index contributed by atoms with van der Waals surface area (Å²) in [5, 5.41) is 0. The summed E-state index contributed by atoms with van der Waals surface area (Å²) in [7, 11) is 0. The first-order valence-electron chi connectivity index (χ1n) is 4.47. The van der Waals surface area contributed by atoms with Crippen LogP contribution in [0.15, 0.2) is 0 Å². The van der Waals surface area contributed by atoms with E-state index in [-0.39, 0.29) is 0 Å². The lowest BCUT2D eigenvalue weighted by Crippen LogP contribution is -2.29. The molecular formula is C9H19N. The quantitative estimate of drug-likeness (QED) is 0.626. The van der Waals surface area contributed by atoms with Crippen molar-refractivity contribution >= 4 is 0 Å². The van der Waals surface area contributed by atoms with E-state index in [1.54, 1.807) is 0 Å². The Bertz CT molecular complexity index is 92.9. The van der Waals surface area contributed by atoms with Gasteiger partial charge in [0, 0.05) is 6.04 Å². The van der Waals surface area contributed by atoms with E-state index >= 15 is 0 Å². The average Bonchev–Trinajstić information content (AvgIpc) is 2.36. The van der Waals surface area contributed by atoms with Crippen molar-refractivity contribution in [3.8, 4) is 0 Å². The molecule has 10 heavy (non-hydrogen) atoms. The second kappa shape index (κ2) is 3.38. The van der Waals surface area contributed by atoms with Crippen LogP contribution in [0.3, 0.4) is 0 Å². The molecule has 0 aromatic heterocycles. The van der Waals surface area contributed by atoms with Crippen LogP contribution < -0.4 is 5.73 Å². The molecule has 2 N–H and O–H groups in total. The topological polar surface area (TPSA) is 26.0 Å². The highest BCUT2D eigenvalue weighted by atomic mass is 14.6. The normalized spacial score (nSPS) is 26.7. The molecule has 0 spiro atoms. The molecule has 1 aliphatic carbocycles. The Morgan fingerprint density at radius 1 is 1.20 bits per heavy atom. The van der Waals surface area contributed by atoms with Gasteiger partial charge in [0.1, 0.15) is 0 Å². The van der Waals surface area contributed by atoms with Crippen molar-refractivity contribution in [2.75, 3.05) is 0 Å². The molecule has 0 bridgehead atoms. The predicted molar refractivity (Wildman–Crippen MR) is 44.8 cm³/mol. The molecule has 0 aliphatic heterocycles. The third kappa shape index (κ3) is 1.72. The number of nitrogens with two attached hydrogens (primary N) is 1. The lowest BCUT2D eigenvalue weighted by atomic mass is 9.88. The molecule has 0 amide bonds. The van der Waals surface area contributed by atoms with E-state index in [0.717, 1.165) is 11.8 Å². The molecule has 0 radical (unpaired) electrons. The summed E-state index contributed by atoms with van der Waals surface area (Å²) in [5.74, 6) is 1.67. The standard InChI is InChI=1S/C9H19N/c1-7(8(2)10)9-5-3-4-6-9/h7-9H,3-6,10H2,1-2H3. The van der Waals surface area contributed by atoms with E-state index < -0.39 is 0 Å². The van der Waals surface area contributed by atoms with E-state index in [2.05, 4.69) is 13.8 Å². The van der Waals surface area contributed by atoms with Crippen molar-refractivity contribution in [2.45, 2.75) is 45.6 Å². The predicted octanol–water partition coefficient (Wildman–Crippen LogP) is 2.16. The van der Waals surface area contributed by atoms with Gasteiger partial charge in [0.15, 0.2) is 0 Å². The Labute approximate surface area is 64.0 Å². The number of rotatable bonds is 2.